The summed E-state index contributed by atoms with van der Waals surface area (Å²) in [5, 5.41) is 1.67. The van der Waals surface area contributed by atoms with Crippen LogP contribution in [0.1, 0.15) is 13.3 Å². The van der Waals surface area contributed by atoms with E-state index in [0.29, 0.717) is 13.0 Å². The zero-order valence-corrected chi connectivity index (χ0v) is 8.23. The van der Waals surface area contributed by atoms with Crippen LogP contribution in [0.4, 0.5) is 17.6 Å². The van der Waals surface area contributed by atoms with E-state index in [1.165, 1.54) is 0 Å². The maximum Gasteiger partial charge on any atom is 0.324 e. The lowest BCUT2D eigenvalue weighted by molar-refractivity contribution is -0.139. The van der Waals surface area contributed by atoms with Crippen LogP contribution in [0.15, 0.2) is 0 Å². The van der Waals surface area contributed by atoms with Crippen LogP contribution in [0.5, 0.6) is 0 Å². The van der Waals surface area contributed by atoms with Gasteiger partial charge in [0.25, 0.3) is 0 Å². The molecular formula is C8H13F4NO2. The number of carbonyl (C=O) groups is 1. The van der Waals surface area contributed by atoms with Gasteiger partial charge in [-0.15, -0.1) is 0 Å². The first-order valence-corrected chi connectivity index (χ1v) is 4.40. The molecule has 0 saturated carbocycles. The average Bonchev–Trinajstić information content (AvgIpc) is 2.15. The number of nitrogens with one attached hydrogen (secondary N) is 1. The number of alkyl halides is 4. The summed E-state index contributed by atoms with van der Waals surface area (Å²) in [5.41, 5.74) is 0. The highest BCUT2D eigenvalue weighted by Crippen LogP contribution is 2.21. The Kier molecular flexibility index (Phi) is 6.23. The normalized spacial score (nSPS) is 11.9. The van der Waals surface area contributed by atoms with Crippen molar-refractivity contribution in [3.05, 3.63) is 0 Å². The van der Waals surface area contributed by atoms with E-state index in [9.17, 15) is 22.4 Å². The van der Waals surface area contributed by atoms with Gasteiger partial charge in [-0.25, -0.2) is 8.78 Å². The van der Waals surface area contributed by atoms with E-state index in [2.05, 4.69) is 0 Å². The lowest BCUT2D eigenvalue weighted by Gasteiger charge is -2.15. The van der Waals surface area contributed by atoms with Crippen LogP contribution < -0.4 is 5.32 Å². The molecule has 0 heterocycles. The van der Waals surface area contributed by atoms with Crippen molar-refractivity contribution in [3.63, 3.8) is 0 Å². The Morgan fingerprint density at radius 2 is 2.07 bits per heavy atom. The van der Waals surface area contributed by atoms with Crippen molar-refractivity contribution >= 4 is 5.91 Å². The number of ether oxygens (including phenoxy) is 1. The van der Waals surface area contributed by atoms with E-state index in [1.54, 1.807) is 5.32 Å². The number of rotatable bonds is 7. The van der Waals surface area contributed by atoms with Gasteiger partial charge in [-0.2, -0.15) is 8.78 Å². The van der Waals surface area contributed by atoms with Gasteiger partial charge in [0.15, 0.2) is 0 Å². The Hall–Kier alpha value is -0.850. The van der Waals surface area contributed by atoms with Gasteiger partial charge in [-0.05, 0) is 6.42 Å². The quantitative estimate of drug-likeness (QED) is 0.531. The second kappa shape index (κ2) is 6.60. The largest absolute Gasteiger partial charge is 0.372 e. The molecule has 0 aliphatic rings. The van der Waals surface area contributed by atoms with E-state index in [-0.39, 0.29) is 0 Å². The summed E-state index contributed by atoms with van der Waals surface area (Å²) < 4.78 is 52.6. The monoisotopic (exact) mass is 231 g/mol. The number of hydrogen-bond donors (Lipinski definition) is 1. The lowest BCUT2D eigenvalue weighted by atomic mass is 10.3. The lowest BCUT2D eigenvalue weighted by Crippen LogP contribution is -2.42. The molecule has 0 atom stereocenters. The van der Waals surface area contributed by atoms with Gasteiger partial charge < -0.3 is 10.1 Å². The van der Waals surface area contributed by atoms with Crippen LogP contribution in [0.3, 0.4) is 0 Å². The SMILES string of the molecule is CCCOCC(=O)NCC(F)(F)C(F)F. The minimum absolute atomic E-state index is 0.318. The Morgan fingerprint density at radius 3 is 2.53 bits per heavy atom. The zero-order valence-electron chi connectivity index (χ0n) is 8.23. The van der Waals surface area contributed by atoms with Crippen LogP contribution in [0, 0.1) is 0 Å². The van der Waals surface area contributed by atoms with Crippen LogP contribution >= 0.6 is 0 Å². The highest BCUT2D eigenvalue weighted by atomic mass is 19.3. The van der Waals surface area contributed by atoms with Gasteiger partial charge in [0.05, 0.1) is 6.54 Å². The third-order valence-corrected chi connectivity index (χ3v) is 1.42. The molecule has 7 heteroatoms. The molecule has 0 spiro atoms. The Balaban J connectivity index is 3.71. The topological polar surface area (TPSA) is 38.3 Å². The third-order valence-electron chi connectivity index (χ3n) is 1.42. The van der Waals surface area contributed by atoms with Gasteiger partial charge >= 0.3 is 12.3 Å². The zero-order chi connectivity index (χ0) is 11.9. The van der Waals surface area contributed by atoms with Crippen molar-refractivity contribution in [2.75, 3.05) is 19.8 Å². The van der Waals surface area contributed by atoms with Gasteiger partial charge in [-0.3, -0.25) is 4.79 Å². The molecule has 0 aliphatic carbocycles. The predicted octanol–water partition coefficient (Wildman–Crippen LogP) is 1.43. The van der Waals surface area contributed by atoms with Crippen LogP contribution in [-0.4, -0.2) is 38.0 Å². The Bertz CT molecular complexity index is 199. The molecule has 0 aliphatic heterocycles. The van der Waals surface area contributed by atoms with Gasteiger partial charge in [-0.1, -0.05) is 6.92 Å². The minimum atomic E-state index is -4.19. The molecule has 0 bridgehead atoms. The van der Waals surface area contributed by atoms with Crippen molar-refractivity contribution < 1.29 is 27.1 Å². The summed E-state index contributed by atoms with van der Waals surface area (Å²) in [7, 11) is 0. The number of halogens is 4. The van der Waals surface area contributed by atoms with Crippen molar-refractivity contribution in [2.45, 2.75) is 25.7 Å². The molecule has 90 valence electrons. The molecule has 0 aromatic heterocycles. The summed E-state index contributed by atoms with van der Waals surface area (Å²) in [4.78, 5) is 10.8. The minimum Gasteiger partial charge on any atom is -0.372 e. The van der Waals surface area contributed by atoms with Crippen molar-refractivity contribution in [3.8, 4) is 0 Å². The second-order valence-corrected chi connectivity index (χ2v) is 2.89. The average molecular weight is 231 g/mol. The van der Waals surface area contributed by atoms with Crippen molar-refractivity contribution in [1.82, 2.24) is 5.32 Å². The maximum absolute atomic E-state index is 12.3. The molecule has 1 amide bonds. The van der Waals surface area contributed by atoms with Crippen molar-refractivity contribution in [1.29, 1.82) is 0 Å². The standard InChI is InChI=1S/C8H13F4NO2/c1-2-3-15-4-6(14)13-5-8(11,12)7(9)10/h7H,2-5H2,1H3,(H,13,14). The highest BCUT2D eigenvalue weighted by molar-refractivity contribution is 5.77. The van der Waals surface area contributed by atoms with Gasteiger partial charge in [0.2, 0.25) is 5.91 Å². The molecule has 0 unspecified atom stereocenters. The molecule has 0 aromatic carbocycles. The summed E-state index contributed by atoms with van der Waals surface area (Å²) in [5.74, 6) is -5.02. The van der Waals surface area contributed by atoms with Crippen LogP contribution in [0.2, 0.25) is 0 Å². The number of amides is 1. The Labute approximate surface area is 84.8 Å². The summed E-state index contributed by atoms with van der Waals surface area (Å²) >= 11 is 0. The van der Waals surface area contributed by atoms with E-state index in [1.807, 2.05) is 6.92 Å². The predicted molar refractivity (Wildman–Crippen MR) is 45.1 cm³/mol. The maximum atomic E-state index is 12.3. The van der Waals surface area contributed by atoms with E-state index in [4.69, 9.17) is 4.74 Å². The van der Waals surface area contributed by atoms with Crippen LogP contribution in [0.25, 0.3) is 0 Å². The smallest absolute Gasteiger partial charge is 0.324 e. The molecule has 0 fully saturated rings. The molecule has 0 aromatic rings. The summed E-state index contributed by atoms with van der Waals surface area (Å²) in [6.45, 7) is 0.355. The van der Waals surface area contributed by atoms with E-state index < -0.39 is 31.4 Å². The molecule has 15 heavy (non-hydrogen) atoms. The number of carbonyl (C=O) groups excluding carboxylic acids is 1. The first kappa shape index (κ1) is 14.2. The fraction of sp³-hybridized carbons (Fsp3) is 0.875. The molecule has 0 radical (unpaired) electrons. The van der Waals surface area contributed by atoms with E-state index >= 15 is 0 Å². The third kappa shape index (κ3) is 6.27. The highest BCUT2D eigenvalue weighted by Gasteiger charge is 2.40. The van der Waals surface area contributed by atoms with Crippen LogP contribution in [-0.2, 0) is 9.53 Å². The fourth-order valence-electron chi connectivity index (χ4n) is 0.654. The van der Waals surface area contributed by atoms with Gasteiger partial charge in [0, 0.05) is 6.61 Å². The first-order chi connectivity index (χ1) is 6.90. The molecule has 1 N–H and O–H groups in total. The molecular weight excluding hydrogens is 218 g/mol. The molecule has 0 rings (SSSR count). The first-order valence-electron chi connectivity index (χ1n) is 4.40. The molecule has 0 saturated heterocycles. The van der Waals surface area contributed by atoms with Gasteiger partial charge in [0.1, 0.15) is 6.61 Å². The molecule has 3 nitrogen and oxygen atoms in total. The van der Waals surface area contributed by atoms with E-state index in [0.717, 1.165) is 0 Å². The summed E-state index contributed by atoms with van der Waals surface area (Å²) in [6.07, 6.45) is -3.10. The number of hydrogen-bond acceptors (Lipinski definition) is 2. The van der Waals surface area contributed by atoms with Crippen molar-refractivity contribution in [2.24, 2.45) is 0 Å². The second-order valence-electron chi connectivity index (χ2n) is 2.89. The summed E-state index contributed by atoms with van der Waals surface area (Å²) in [6, 6.07) is 0. The Morgan fingerprint density at radius 1 is 1.47 bits per heavy atom. The fourth-order valence-corrected chi connectivity index (χ4v) is 0.654.